The van der Waals surface area contributed by atoms with Gasteiger partial charge in [0.2, 0.25) is 11.9 Å². The molecule has 0 radical (unpaired) electrons. The molecule has 0 N–H and O–H groups in total. The first-order valence-corrected chi connectivity index (χ1v) is 12.9. The highest BCUT2D eigenvalue weighted by molar-refractivity contribution is 7.99. The van der Waals surface area contributed by atoms with Crippen LogP contribution in [0.1, 0.15) is 31.2 Å². The van der Waals surface area contributed by atoms with E-state index in [2.05, 4.69) is 31.9 Å². The summed E-state index contributed by atoms with van der Waals surface area (Å²) in [5.74, 6) is 1.29. The number of thioether (sulfide) groups is 1. The Hall–Kier alpha value is -2.03. The molecule has 31 heavy (non-hydrogen) atoms. The van der Waals surface area contributed by atoms with Gasteiger partial charge in [0.15, 0.2) is 5.16 Å². The first-order chi connectivity index (χ1) is 15.2. The van der Waals surface area contributed by atoms with E-state index >= 15 is 0 Å². The third-order valence-electron chi connectivity index (χ3n) is 5.66. The van der Waals surface area contributed by atoms with Gasteiger partial charge in [-0.25, -0.2) is 0 Å². The number of carbonyl (C=O) groups excluding carboxylic acids is 1. The first kappa shape index (κ1) is 20.8. The largest absolute Gasteiger partial charge is 0.341 e. The fourth-order valence-corrected chi connectivity index (χ4v) is 5.62. The molecular weight excluding hydrogens is 450 g/mol. The Kier molecular flexibility index (Phi) is 6.20. The van der Waals surface area contributed by atoms with Crippen molar-refractivity contribution in [2.75, 3.05) is 23.7 Å². The van der Waals surface area contributed by atoms with Gasteiger partial charge in [0.25, 0.3) is 0 Å². The molecule has 5 rings (SSSR count). The van der Waals surface area contributed by atoms with Crippen molar-refractivity contribution in [2.45, 2.75) is 43.4 Å². The van der Waals surface area contributed by atoms with E-state index in [9.17, 15) is 4.79 Å². The summed E-state index contributed by atoms with van der Waals surface area (Å²) >= 11 is 9.64. The summed E-state index contributed by atoms with van der Waals surface area (Å²) in [7, 11) is 0. The maximum atomic E-state index is 13.1. The van der Waals surface area contributed by atoms with Crippen LogP contribution in [0.2, 0.25) is 5.02 Å². The highest BCUT2D eigenvalue weighted by Gasteiger charge is 2.33. The molecule has 2 aromatic heterocycles. The summed E-state index contributed by atoms with van der Waals surface area (Å²) < 4.78 is 2.01. The van der Waals surface area contributed by atoms with Crippen molar-refractivity contribution in [3.8, 4) is 5.69 Å². The second-order valence-electron chi connectivity index (χ2n) is 7.94. The maximum absolute atomic E-state index is 13.1. The van der Waals surface area contributed by atoms with Gasteiger partial charge in [0, 0.05) is 25.7 Å². The lowest BCUT2D eigenvalue weighted by atomic mass is 10.3. The molecule has 1 aliphatic heterocycles. The number of carbonyl (C=O) groups is 1. The highest BCUT2D eigenvalue weighted by atomic mass is 35.5. The molecule has 1 saturated heterocycles. The average molecular weight is 474 g/mol. The minimum absolute atomic E-state index is 0.148. The standard InChI is InChI=1S/C22H24ClN5OS2/c23-18-5-1-2-6-19(18)28-21(26-10-3-4-11-26)24-25-22(28)31-15-20(29)27(17-7-8-17)13-16-9-12-30-14-16/h1-2,5-6,9,12,14,17H,3-4,7-8,10-11,13,15H2. The summed E-state index contributed by atoms with van der Waals surface area (Å²) in [5.41, 5.74) is 2.05. The number of para-hydroxylation sites is 1. The molecule has 2 fully saturated rings. The number of halogens is 1. The lowest BCUT2D eigenvalue weighted by molar-refractivity contribution is -0.129. The molecular formula is C22H24ClN5OS2. The minimum atomic E-state index is 0.148. The van der Waals surface area contributed by atoms with Gasteiger partial charge in [0.05, 0.1) is 16.5 Å². The molecule has 3 heterocycles. The zero-order valence-corrected chi connectivity index (χ0v) is 19.5. The second-order valence-corrected chi connectivity index (χ2v) is 10.1. The van der Waals surface area contributed by atoms with Gasteiger partial charge in [-0.2, -0.15) is 11.3 Å². The predicted molar refractivity (Wildman–Crippen MR) is 126 cm³/mol. The number of nitrogens with zero attached hydrogens (tertiary/aromatic N) is 5. The van der Waals surface area contributed by atoms with E-state index in [1.807, 2.05) is 33.7 Å². The number of thiophene rings is 1. The van der Waals surface area contributed by atoms with Crippen LogP contribution in [-0.2, 0) is 11.3 Å². The molecule has 9 heteroatoms. The summed E-state index contributed by atoms with van der Waals surface area (Å²) in [5, 5.41) is 14.5. The molecule has 162 valence electrons. The molecule has 1 aromatic carbocycles. The Bertz CT molecular complexity index is 1040. The van der Waals surface area contributed by atoms with Crippen molar-refractivity contribution < 1.29 is 4.79 Å². The summed E-state index contributed by atoms with van der Waals surface area (Å²) in [6.07, 6.45) is 4.48. The number of hydrogen-bond acceptors (Lipinski definition) is 6. The molecule has 6 nitrogen and oxygen atoms in total. The van der Waals surface area contributed by atoms with E-state index in [1.165, 1.54) is 17.3 Å². The van der Waals surface area contributed by atoms with Crippen molar-refractivity contribution >= 4 is 46.6 Å². The third kappa shape index (κ3) is 4.61. The fourth-order valence-electron chi connectivity index (χ4n) is 3.92. The zero-order valence-electron chi connectivity index (χ0n) is 17.1. The Balaban J connectivity index is 1.37. The number of amides is 1. The molecule has 0 atom stereocenters. The molecule has 0 bridgehead atoms. The van der Waals surface area contributed by atoms with Crippen LogP contribution < -0.4 is 4.90 Å². The molecule has 0 unspecified atom stereocenters. The van der Waals surface area contributed by atoms with Crippen molar-refractivity contribution in [1.82, 2.24) is 19.7 Å². The molecule has 1 amide bonds. The number of benzene rings is 1. The summed E-state index contributed by atoms with van der Waals surface area (Å²) in [6.45, 7) is 2.61. The number of hydrogen-bond donors (Lipinski definition) is 0. The topological polar surface area (TPSA) is 54.3 Å². The van der Waals surface area contributed by atoms with Crippen molar-refractivity contribution in [2.24, 2.45) is 0 Å². The lowest BCUT2D eigenvalue weighted by Gasteiger charge is -2.22. The minimum Gasteiger partial charge on any atom is -0.341 e. The highest BCUT2D eigenvalue weighted by Crippen LogP contribution is 2.33. The fraction of sp³-hybridized carbons (Fsp3) is 0.409. The normalized spacial score (nSPS) is 16.1. The predicted octanol–water partition coefficient (Wildman–Crippen LogP) is 4.87. The maximum Gasteiger partial charge on any atom is 0.233 e. The first-order valence-electron chi connectivity index (χ1n) is 10.6. The Morgan fingerprint density at radius 1 is 1.19 bits per heavy atom. The lowest BCUT2D eigenvalue weighted by Crippen LogP contribution is -2.33. The number of aromatic nitrogens is 3. The quantitative estimate of drug-likeness (QED) is 0.437. The smallest absolute Gasteiger partial charge is 0.233 e. The van der Waals surface area contributed by atoms with Crippen LogP contribution in [0.15, 0.2) is 46.2 Å². The Morgan fingerprint density at radius 2 is 2.00 bits per heavy atom. The molecule has 1 saturated carbocycles. The van der Waals surface area contributed by atoms with Gasteiger partial charge in [0.1, 0.15) is 0 Å². The monoisotopic (exact) mass is 473 g/mol. The Morgan fingerprint density at radius 3 is 2.71 bits per heavy atom. The van der Waals surface area contributed by atoms with E-state index in [0.29, 0.717) is 28.5 Å². The van der Waals surface area contributed by atoms with Crippen molar-refractivity contribution in [1.29, 1.82) is 0 Å². The van der Waals surface area contributed by atoms with Gasteiger partial charge in [-0.15, -0.1) is 10.2 Å². The van der Waals surface area contributed by atoms with E-state index < -0.39 is 0 Å². The summed E-state index contributed by atoms with van der Waals surface area (Å²) in [6, 6.07) is 10.2. The third-order valence-corrected chi connectivity index (χ3v) is 7.63. The number of rotatable bonds is 8. The summed E-state index contributed by atoms with van der Waals surface area (Å²) in [4.78, 5) is 17.4. The van der Waals surface area contributed by atoms with Gasteiger partial charge in [-0.3, -0.25) is 9.36 Å². The number of anilines is 1. The van der Waals surface area contributed by atoms with Crippen LogP contribution in [0.5, 0.6) is 0 Å². The molecule has 1 aliphatic carbocycles. The van der Waals surface area contributed by atoms with Crippen LogP contribution in [0.25, 0.3) is 5.69 Å². The van der Waals surface area contributed by atoms with E-state index in [4.69, 9.17) is 11.6 Å². The molecule has 0 spiro atoms. The van der Waals surface area contributed by atoms with E-state index in [0.717, 1.165) is 50.4 Å². The van der Waals surface area contributed by atoms with Crippen LogP contribution in [-0.4, -0.2) is 50.5 Å². The van der Waals surface area contributed by atoms with Gasteiger partial charge in [-0.05, 0) is 60.2 Å². The SMILES string of the molecule is O=C(CSc1nnc(N2CCCC2)n1-c1ccccc1Cl)N(Cc1ccsc1)C1CC1. The van der Waals surface area contributed by atoms with Gasteiger partial charge >= 0.3 is 0 Å². The van der Waals surface area contributed by atoms with E-state index in [-0.39, 0.29) is 5.91 Å². The molecule has 2 aliphatic rings. The van der Waals surface area contributed by atoms with Crippen molar-refractivity contribution in [3.05, 3.63) is 51.7 Å². The van der Waals surface area contributed by atoms with E-state index in [1.54, 1.807) is 11.3 Å². The van der Waals surface area contributed by atoms with Crippen LogP contribution in [0.4, 0.5) is 5.95 Å². The zero-order chi connectivity index (χ0) is 21.2. The van der Waals surface area contributed by atoms with Gasteiger partial charge < -0.3 is 9.80 Å². The van der Waals surface area contributed by atoms with Crippen molar-refractivity contribution in [3.63, 3.8) is 0 Å². The van der Waals surface area contributed by atoms with Gasteiger partial charge in [-0.1, -0.05) is 35.5 Å². The van der Waals surface area contributed by atoms with Crippen LogP contribution in [0.3, 0.4) is 0 Å². The Labute approximate surface area is 195 Å². The second kappa shape index (κ2) is 9.22. The van der Waals surface area contributed by atoms with Crippen LogP contribution in [0, 0.1) is 0 Å². The van der Waals surface area contributed by atoms with Crippen LogP contribution >= 0.6 is 34.7 Å². The average Bonchev–Trinajstić information content (AvgIpc) is 3.17. The molecule has 3 aromatic rings.